The average molecular weight is 213 g/mol. The maximum absolute atomic E-state index is 10.4. The molecule has 0 amide bonds. The van der Waals surface area contributed by atoms with Gasteiger partial charge in [0.2, 0.25) is 0 Å². The van der Waals surface area contributed by atoms with Crippen LogP contribution in [0.1, 0.15) is 24.2 Å². The highest BCUT2D eigenvalue weighted by atomic mass is 32.2. The van der Waals surface area contributed by atoms with E-state index in [9.17, 15) is 4.79 Å². The summed E-state index contributed by atoms with van der Waals surface area (Å²) in [6.45, 7) is 4.00. The highest BCUT2D eigenvalue weighted by Crippen LogP contribution is 2.14. The number of nitrogens with one attached hydrogen (secondary N) is 1. The summed E-state index contributed by atoms with van der Waals surface area (Å²) >= 11 is 1.45. The Morgan fingerprint density at radius 3 is 2.14 bits per heavy atom. The lowest BCUT2D eigenvalue weighted by Gasteiger charge is -1.98. The van der Waals surface area contributed by atoms with Crippen LogP contribution < -0.4 is 4.72 Å². The molecule has 1 aromatic rings. The van der Waals surface area contributed by atoms with Gasteiger partial charge in [-0.2, -0.15) is 0 Å². The summed E-state index contributed by atoms with van der Waals surface area (Å²) in [7, 11) is 1.82. The highest BCUT2D eigenvalue weighted by Gasteiger charge is 2.00. The van der Waals surface area contributed by atoms with Crippen molar-refractivity contribution in [3.05, 3.63) is 29.8 Å². The molecule has 4 heteroatoms. The van der Waals surface area contributed by atoms with Gasteiger partial charge in [0.1, 0.15) is 0 Å². The topological polar surface area (TPSA) is 49.3 Å². The zero-order valence-electron chi connectivity index (χ0n) is 8.57. The Hall–Kier alpha value is -1.00. The first-order valence-electron chi connectivity index (χ1n) is 4.41. The van der Waals surface area contributed by atoms with Crippen LogP contribution in [0.5, 0.6) is 0 Å². The number of hydrogen-bond acceptors (Lipinski definition) is 3. The Labute approximate surface area is 88.7 Å². The fourth-order valence-electron chi connectivity index (χ4n) is 0.783. The molecule has 0 saturated carbocycles. The smallest absolute Gasteiger partial charge is 0.335 e. The number of benzene rings is 1. The van der Waals surface area contributed by atoms with E-state index in [1.807, 2.05) is 20.9 Å². The van der Waals surface area contributed by atoms with Crippen LogP contribution in [0.4, 0.5) is 0 Å². The Morgan fingerprint density at radius 2 is 1.79 bits per heavy atom. The molecule has 0 bridgehead atoms. The van der Waals surface area contributed by atoms with Crippen LogP contribution in [0.15, 0.2) is 29.2 Å². The summed E-state index contributed by atoms with van der Waals surface area (Å²) in [4.78, 5) is 11.4. The van der Waals surface area contributed by atoms with Gasteiger partial charge in [0, 0.05) is 4.90 Å². The lowest BCUT2D eigenvalue weighted by molar-refractivity contribution is 0.0697. The van der Waals surface area contributed by atoms with Gasteiger partial charge in [0.25, 0.3) is 0 Å². The first-order chi connectivity index (χ1) is 6.74. The van der Waals surface area contributed by atoms with Crippen molar-refractivity contribution in [3.63, 3.8) is 0 Å². The van der Waals surface area contributed by atoms with Crippen molar-refractivity contribution in [2.75, 3.05) is 7.05 Å². The van der Waals surface area contributed by atoms with E-state index in [4.69, 9.17) is 5.11 Å². The molecule has 0 fully saturated rings. The summed E-state index contributed by atoms with van der Waals surface area (Å²) in [6, 6.07) is 6.71. The van der Waals surface area contributed by atoms with Gasteiger partial charge in [-0.15, -0.1) is 0 Å². The Kier molecular flexibility index (Phi) is 6.88. The zero-order chi connectivity index (χ0) is 11.0. The molecular weight excluding hydrogens is 198 g/mol. The van der Waals surface area contributed by atoms with Crippen LogP contribution >= 0.6 is 11.9 Å². The Morgan fingerprint density at radius 1 is 1.29 bits per heavy atom. The van der Waals surface area contributed by atoms with Crippen molar-refractivity contribution < 1.29 is 9.90 Å². The molecule has 0 unspecified atom stereocenters. The fourth-order valence-corrected chi connectivity index (χ4v) is 1.29. The van der Waals surface area contributed by atoms with Gasteiger partial charge >= 0.3 is 5.97 Å². The van der Waals surface area contributed by atoms with Gasteiger partial charge in [-0.05, 0) is 43.3 Å². The Bertz CT molecular complexity index is 272. The maximum Gasteiger partial charge on any atom is 0.335 e. The third-order valence-electron chi connectivity index (χ3n) is 1.32. The number of carboxylic acids is 1. The molecule has 0 atom stereocenters. The molecular formula is C10H15NO2S. The van der Waals surface area contributed by atoms with Crippen molar-refractivity contribution in [1.29, 1.82) is 0 Å². The molecule has 0 aliphatic rings. The van der Waals surface area contributed by atoms with Crippen LogP contribution in [0, 0.1) is 0 Å². The summed E-state index contributed by atoms with van der Waals surface area (Å²) in [5, 5.41) is 8.58. The molecule has 14 heavy (non-hydrogen) atoms. The monoisotopic (exact) mass is 213 g/mol. The quantitative estimate of drug-likeness (QED) is 0.758. The molecule has 0 saturated heterocycles. The minimum Gasteiger partial charge on any atom is -0.478 e. The summed E-state index contributed by atoms with van der Waals surface area (Å²) in [5.74, 6) is -0.893. The molecule has 0 radical (unpaired) electrons. The average Bonchev–Trinajstić information content (AvgIpc) is 2.22. The SMILES string of the molecule is CC.CNSc1ccc(C(=O)O)cc1. The standard InChI is InChI=1S/C8H9NO2S.C2H6/c1-9-12-7-4-2-6(3-5-7)8(10)11;1-2/h2-5,9H,1H3,(H,10,11);1-2H3. The number of aromatic carboxylic acids is 1. The second-order valence-corrected chi connectivity index (χ2v) is 3.22. The molecule has 0 aromatic heterocycles. The number of carboxylic acid groups (broad SMARTS) is 1. The lowest BCUT2D eigenvalue weighted by atomic mass is 10.2. The van der Waals surface area contributed by atoms with Gasteiger partial charge in [0.05, 0.1) is 5.56 Å². The van der Waals surface area contributed by atoms with E-state index < -0.39 is 5.97 Å². The molecule has 1 aromatic carbocycles. The number of hydrogen-bond donors (Lipinski definition) is 2. The first-order valence-corrected chi connectivity index (χ1v) is 5.22. The van der Waals surface area contributed by atoms with Crippen molar-refractivity contribution in [2.24, 2.45) is 0 Å². The zero-order valence-corrected chi connectivity index (χ0v) is 9.39. The van der Waals surface area contributed by atoms with Gasteiger partial charge in [0.15, 0.2) is 0 Å². The summed E-state index contributed by atoms with van der Waals surface area (Å²) in [6.07, 6.45) is 0. The van der Waals surface area contributed by atoms with Crippen LogP contribution in [0.3, 0.4) is 0 Å². The van der Waals surface area contributed by atoms with E-state index in [2.05, 4.69) is 4.72 Å². The third kappa shape index (κ3) is 4.30. The van der Waals surface area contributed by atoms with E-state index in [1.54, 1.807) is 24.3 Å². The van der Waals surface area contributed by atoms with Crippen molar-refractivity contribution in [1.82, 2.24) is 4.72 Å². The first kappa shape index (κ1) is 13.0. The fraction of sp³-hybridized carbons (Fsp3) is 0.300. The molecule has 0 aliphatic carbocycles. The van der Waals surface area contributed by atoms with Crippen molar-refractivity contribution in [3.8, 4) is 0 Å². The van der Waals surface area contributed by atoms with Gasteiger partial charge in [-0.1, -0.05) is 13.8 Å². The van der Waals surface area contributed by atoms with Gasteiger partial charge in [-0.25, -0.2) is 4.79 Å². The molecule has 3 nitrogen and oxygen atoms in total. The van der Waals surface area contributed by atoms with Crippen LogP contribution in [0.25, 0.3) is 0 Å². The second kappa shape index (κ2) is 7.41. The van der Waals surface area contributed by atoms with Crippen LogP contribution in [0.2, 0.25) is 0 Å². The van der Waals surface area contributed by atoms with Crippen molar-refractivity contribution in [2.45, 2.75) is 18.7 Å². The van der Waals surface area contributed by atoms with Crippen molar-refractivity contribution >= 4 is 17.9 Å². The van der Waals surface area contributed by atoms with Crippen LogP contribution in [-0.4, -0.2) is 18.1 Å². The molecule has 78 valence electrons. The van der Waals surface area contributed by atoms with E-state index >= 15 is 0 Å². The van der Waals surface area contributed by atoms with Gasteiger partial charge < -0.3 is 5.11 Å². The predicted octanol–water partition coefficient (Wildman–Crippen LogP) is 2.64. The molecule has 0 aliphatic heterocycles. The summed E-state index contributed by atoms with van der Waals surface area (Å²) < 4.78 is 2.90. The largest absolute Gasteiger partial charge is 0.478 e. The minimum absolute atomic E-state index is 0.315. The lowest BCUT2D eigenvalue weighted by Crippen LogP contribution is -1.96. The normalized spacial score (nSPS) is 8.79. The minimum atomic E-state index is -0.893. The highest BCUT2D eigenvalue weighted by molar-refractivity contribution is 7.97. The summed E-state index contributed by atoms with van der Waals surface area (Å²) in [5.41, 5.74) is 0.315. The van der Waals surface area contributed by atoms with E-state index in [1.165, 1.54) is 11.9 Å². The predicted molar refractivity (Wildman–Crippen MR) is 59.7 cm³/mol. The molecule has 2 N–H and O–H groups in total. The molecule has 1 rings (SSSR count). The van der Waals surface area contributed by atoms with Gasteiger partial charge in [-0.3, -0.25) is 4.72 Å². The Balaban J connectivity index is 0.000000791. The number of carbonyl (C=O) groups is 1. The molecule has 0 heterocycles. The van der Waals surface area contributed by atoms with E-state index in [0.29, 0.717) is 5.56 Å². The molecule has 0 spiro atoms. The van der Waals surface area contributed by atoms with E-state index in [0.717, 1.165) is 4.90 Å². The van der Waals surface area contributed by atoms with Crippen LogP contribution in [-0.2, 0) is 0 Å². The second-order valence-electron chi connectivity index (χ2n) is 2.14. The number of rotatable bonds is 3. The maximum atomic E-state index is 10.4. The van der Waals surface area contributed by atoms with E-state index in [-0.39, 0.29) is 0 Å². The third-order valence-corrected chi connectivity index (χ3v) is 2.03.